The third-order valence-corrected chi connectivity index (χ3v) is 4.21. The van der Waals surface area contributed by atoms with Crippen LogP contribution in [0.1, 0.15) is 42.6 Å². The Balaban J connectivity index is 0.000000640. The van der Waals surface area contributed by atoms with E-state index in [1.54, 1.807) is 0 Å². The summed E-state index contributed by atoms with van der Waals surface area (Å²) in [4.78, 5) is 20.2. The van der Waals surface area contributed by atoms with Crippen LogP contribution < -0.4 is 10.9 Å². The first kappa shape index (κ1) is 21.7. The lowest BCUT2D eigenvalue weighted by Gasteiger charge is -2.29. The van der Waals surface area contributed by atoms with E-state index in [-0.39, 0.29) is 29.5 Å². The Kier molecular flexibility index (Phi) is 7.00. The number of aliphatic carboxylic acids is 1. The Morgan fingerprint density at radius 2 is 1.96 bits per heavy atom. The minimum Gasteiger partial charge on any atom is -0.481 e. The Morgan fingerprint density at radius 1 is 1.29 bits per heavy atom. The molecule has 0 unspecified atom stereocenters. The summed E-state index contributed by atoms with van der Waals surface area (Å²) in [5, 5.41) is 12.9. The van der Waals surface area contributed by atoms with Crippen LogP contribution in [-0.2, 0) is 17.4 Å². The smallest absolute Gasteiger partial charge is 0.416 e. The van der Waals surface area contributed by atoms with Gasteiger partial charge in [-0.15, -0.1) is 0 Å². The number of carboxylic acid groups (broad SMARTS) is 1. The van der Waals surface area contributed by atoms with Crippen molar-refractivity contribution >= 4 is 5.97 Å². The Bertz CT molecular complexity index is 856. The minimum atomic E-state index is -4.58. The topological polar surface area (TPSA) is 95.3 Å². The second-order valence-electron chi connectivity index (χ2n) is 6.56. The predicted molar refractivity (Wildman–Crippen MR) is 91.5 cm³/mol. The molecule has 1 fully saturated rings. The molecule has 3 rings (SSSR count). The van der Waals surface area contributed by atoms with Crippen molar-refractivity contribution < 1.29 is 32.0 Å². The molecule has 0 radical (unpaired) electrons. The van der Waals surface area contributed by atoms with Gasteiger partial charge in [0.15, 0.2) is 0 Å². The number of hydrogen-bond acceptors (Lipinski definition) is 4. The average Bonchev–Trinajstić information content (AvgIpc) is 3.00. The van der Waals surface area contributed by atoms with Crippen LogP contribution in [0.2, 0.25) is 0 Å². The lowest BCUT2D eigenvalue weighted by atomic mass is 9.87. The van der Waals surface area contributed by atoms with Gasteiger partial charge in [-0.2, -0.15) is 18.3 Å². The average molecular weight is 404 g/mol. The molecule has 2 heterocycles. The summed E-state index contributed by atoms with van der Waals surface area (Å²) >= 11 is 0. The first-order chi connectivity index (χ1) is 13.0. The molecule has 1 saturated heterocycles. The maximum absolute atomic E-state index is 13.5. The number of halogens is 4. The van der Waals surface area contributed by atoms with Crippen LogP contribution >= 0.6 is 0 Å². The number of nitrogens with one attached hydrogen (secondary N) is 2. The third-order valence-electron chi connectivity index (χ3n) is 4.21. The molecule has 0 amide bonds. The maximum Gasteiger partial charge on any atom is 0.416 e. The summed E-state index contributed by atoms with van der Waals surface area (Å²) in [5.74, 6) is -1.18. The highest BCUT2D eigenvalue weighted by Gasteiger charge is 2.32. The number of carbonyl (C=O) groups is 1. The highest BCUT2D eigenvalue weighted by Crippen LogP contribution is 2.32. The van der Waals surface area contributed by atoms with Crippen LogP contribution in [0.5, 0.6) is 0 Å². The van der Waals surface area contributed by atoms with Crippen molar-refractivity contribution in [2.24, 2.45) is 0 Å². The fraction of sp³-hybridized carbons (Fsp3) is 0.444. The van der Waals surface area contributed by atoms with Gasteiger partial charge in [-0.05, 0) is 49.6 Å². The van der Waals surface area contributed by atoms with Crippen molar-refractivity contribution in [2.75, 3.05) is 6.54 Å². The van der Waals surface area contributed by atoms with E-state index in [9.17, 15) is 22.4 Å². The van der Waals surface area contributed by atoms with E-state index in [0.717, 1.165) is 25.5 Å². The Morgan fingerprint density at radius 3 is 2.54 bits per heavy atom. The molecule has 0 bridgehead atoms. The van der Waals surface area contributed by atoms with Crippen molar-refractivity contribution in [3.8, 4) is 0 Å². The zero-order chi connectivity index (χ0) is 20.9. The van der Waals surface area contributed by atoms with Crippen molar-refractivity contribution in [3.63, 3.8) is 0 Å². The zero-order valence-corrected chi connectivity index (χ0v) is 15.0. The number of aromatic amines is 1. The lowest BCUT2D eigenvalue weighted by Crippen LogP contribution is -2.38. The highest BCUT2D eigenvalue weighted by atomic mass is 19.4. The second-order valence-corrected chi connectivity index (χ2v) is 6.56. The minimum absolute atomic E-state index is 0.00541. The quantitative estimate of drug-likeness (QED) is 0.683. The fourth-order valence-corrected chi connectivity index (χ4v) is 3.14. The van der Waals surface area contributed by atoms with E-state index >= 15 is 0 Å². The number of aromatic nitrogens is 1. The van der Waals surface area contributed by atoms with Gasteiger partial charge in [-0.3, -0.25) is 9.59 Å². The number of hydrogen-bond donors (Lipinski definition) is 3. The normalized spacial score (nSPS) is 19.6. The van der Waals surface area contributed by atoms with Crippen molar-refractivity contribution in [3.05, 3.63) is 57.3 Å². The lowest BCUT2D eigenvalue weighted by molar-refractivity contribution is -0.138. The van der Waals surface area contributed by atoms with Gasteiger partial charge in [-0.25, -0.2) is 4.39 Å². The molecule has 3 N–H and O–H groups in total. The number of carboxylic acids is 1. The van der Waals surface area contributed by atoms with Gasteiger partial charge < -0.3 is 14.9 Å². The molecule has 154 valence electrons. The summed E-state index contributed by atoms with van der Waals surface area (Å²) < 4.78 is 56.9. The van der Waals surface area contributed by atoms with Crippen molar-refractivity contribution in [2.45, 2.75) is 44.3 Å². The van der Waals surface area contributed by atoms with Crippen LogP contribution in [0.3, 0.4) is 0 Å². The summed E-state index contributed by atoms with van der Waals surface area (Å²) in [6, 6.07) is 3.86. The summed E-state index contributed by atoms with van der Waals surface area (Å²) in [6.07, 6.45) is -2.95. The highest BCUT2D eigenvalue weighted by molar-refractivity contribution is 5.62. The fourth-order valence-electron chi connectivity index (χ4n) is 3.14. The van der Waals surface area contributed by atoms with E-state index in [2.05, 4.69) is 10.5 Å². The second kappa shape index (κ2) is 9.05. The largest absolute Gasteiger partial charge is 0.481 e. The number of H-pyrrole nitrogens is 1. The maximum atomic E-state index is 13.5. The van der Waals surface area contributed by atoms with Gasteiger partial charge >= 0.3 is 6.18 Å². The molecule has 2 aromatic rings. The van der Waals surface area contributed by atoms with E-state index < -0.39 is 23.5 Å². The first-order valence-electron chi connectivity index (χ1n) is 8.52. The van der Waals surface area contributed by atoms with Gasteiger partial charge in [0.2, 0.25) is 0 Å². The van der Waals surface area contributed by atoms with Crippen LogP contribution in [0.15, 0.2) is 33.6 Å². The molecule has 1 aliphatic rings. The van der Waals surface area contributed by atoms with E-state index in [0.29, 0.717) is 24.8 Å². The molecular formula is C18H20F4N2O4. The van der Waals surface area contributed by atoms with Gasteiger partial charge in [0, 0.05) is 24.9 Å². The molecule has 0 saturated carbocycles. The predicted octanol–water partition coefficient (Wildman–Crippen LogP) is 3.30. The molecule has 10 heteroatoms. The standard InChI is InChI=1S/C16H16F4N2O2.C2H4O2/c17-12-4-9(3-11(7-12)16(18,19)20)5-13-6-10(1-2-21-13)14-8-15(23)22-24-14;1-2(3)4/h3-4,7-8,10,13,21H,1-2,5-6H2,(H,22,23);1H3,(H,3,4)/t10-,13-;/m0./s1. The zero-order valence-electron chi connectivity index (χ0n) is 15.0. The molecule has 1 aliphatic heterocycles. The van der Waals surface area contributed by atoms with Gasteiger partial charge in [-0.1, -0.05) is 0 Å². The molecular weight excluding hydrogens is 384 g/mol. The van der Waals surface area contributed by atoms with E-state index in [1.165, 1.54) is 6.07 Å². The molecule has 28 heavy (non-hydrogen) atoms. The third kappa shape index (κ3) is 6.52. The Labute approximate surface area is 157 Å². The molecule has 1 aromatic carbocycles. The molecule has 6 nitrogen and oxygen atoms in total. The number of alkyl halides is 3. The summed E-state index contributed by atoms with van der Waals surface area (Å²) in [7, 11) is 0. The molecule has 0 spiro atoms. The monoisotopic (exact) mass is 404 g/mol. The van der Waals surface area contributed by atoms with Gasteiger partial charge in [0.1, 0.15) is 11.6 Å². The SMILES string of the molecule is CC(=O)O.O=c1cc([C@H]2CCN[C@@H](Cc3cc(F)cc(C(F)(F)F)c3)C2)o[nH]1. The van der Waals surface area contributed by atoms with Crippen LogP contribution in [-0.4, -0.2) is 28.8 Å². The number of piperidine rings is 1. The molecule has 0 aliphatic carbocycles. The van der Waals surface area contributed by atoms with Crippen LogP contribution in [0.4, 0.5) is 17.6 Å². The van der Waals surface area contributed by atoms with Crippen LogP contribution in [0.25, 0.3) is 0 Å². The summed E-state index contributed by atoms with van der Waals surface area (Å²) in [6.45, 7) is 1.73. The van der Waals surface area contributed by atoms with Gasteiger partial charge in [0.25, 0.3) is 11.5 Å². The van der Waals surface area contributed by atoms with Gasteiger partial charge in [0.05, 0.1) is 5.56 Å². The Hall–Kier alpha value is -2.62. The van der Waals surface area contributed by atoms with Crippen LogP contribution in [0, 0.1) is 5.82 Å². The first-order valence-corrected chi connectivity index (χ1v) is 8.52. The van der Waals surface area contributed by atoms with E-state index in [1.807, 2.05) is 0 Å². The molecule has 2 atom stereocenters. The number of benzene rings is 1. The van der Waals surface area contributed by atoms with Crippen molar-refractivity contribution in [1.82, 2.24) is 10.5 Å². The number of rotatable bonds is 3. The van der Waals surface area contributed by atoms with E-state index in [4.69, 9.17) is 14.4 Å². The molecule has 1 aromatic heterocycles. The van der Waals surface area contributed by atoms with Crippen molar-refractivity contribution in [1.29, 1.82) is 0 Å². The summed E-state index contributed by atoms with van der Waals surface area (Å²) in [5.41, 5.74) is -1.02.